The van der Waals surface area contributed by atoms with Gasteiger partial charge in [-0.2, -0.15) is 13.2 Å². The number of nitrogens with zero attached hydrogens (tertiary/aromatic N) is 2. The van der Waals surface area contributed by atoms with Gasteiger partial charge in [-0.1, -0.05) is 0 Å². The summed E-state index contributed by atoms with van der Waals surface area (Å²) in [4.78, 5) is 16.4. The van der Waals surface area contributed by atoms with Crippen molar-refractivity contribution in [2.45, 2.75) is 12.3 Å². The van der Waals surface area contributed by atoms with Crippen molar-refractivity contribution in [3.8, 4) is 5.75 Å². The topological polar surface area (TPSA) is 62.7 Å². The normalized spacial score (nSPS) is 15.0. The van der Waals surface area contributed by atoms with Gasteiger partial charge in [0.25, 0.3) is 0 Å². The highest BCUT2D eigenvalue weighted by molar-refractivity contribution is 5.93. The Labute approximate surface area is 139 Å². The highest BCUT2D eigenvalue weighted by Crippen LogP contribution is 2.33. The standard InChI is InChI=1S/C16H12F4N2O3/c17-10-1-3-11(4-2-10)25-12-7-22(8-12)14-13(15(23)24)5-9(6-21-14)16(18,19)20/h1-6,12H,7-8H2,(H,23,24). The van der Waals surface area contributed by atoms with E-state index in [1.54, 1.807) is 0 Å². The average molecular weight is 356 g/mol. The molecule has 9 heteroatoms. The third-order valence-electron chi connectivity index (χ3n) is 3.69. The monoisotopic (exact) mass is 356 g/mol. The van der Waals surface area contributed by atoms with Crippen LogP contribution in [0.2, 0.25) is 0 Å². The van der Waals surface area contributed by atoms with Crippen LogP contribution in [-0.2, 0) is 6.18 Å². The van der Waals surface area contributed by atoms with Crippen LogP contribution in [0.5, 0.6) is 5.75 Å². The number of carbonyl (C=O) groups is 1. The Morgan fingerprint density at radius 1 is 1.24 bits per heavy atom. The molecule has 2 heterocycles. The zero-order chi connectivity index (χ0) is 18.2. The molecule has 0 aliphatic carbocycles. The predicted octanol–water partition coefficient (Wildman–Crippen LogP) is 3.21. The fourth-order valence-corrected chi connectivity index (χ4v) is 2.41. The number of hydrogen-bond acceptors (Lipinski definition) is 4. The third kappa shape index (κ3) is 3.65. The first-order chi connectivity index (χ1) is 11.7. The Morgan fingerprint density at radius 2 is 1.88 bits per heavy atom. The zero-order valence-corrected chi connectivity index (χ0v) is 12.6. The highest BCUT2D eigenvalue weighted by atomic mass is 19.4. The minimum absolute atomic E-state index is 0.0422. The Balaban J connectivity index is 1.71. The van der Waals surface area contributed by atoms with Gasteiger partial charge in [-0.3, -0.25) is 0 Å². The lowest BCUT2D eigenvalue weighted by Gasteiger charge is -2.40. The van der Waals surface area contributed by atoms with E-state index in [1.807, 2.05) is 0 Å². The quantitative estimate of drug-likeness (QED) is 0.853. The van der Waals surface area contributed by atoms with Crippen LogP contribution in [0, 0.1) is 5.82 Å². The van der Waals surface area contributed by atoms with Gasteiger partial charge in [0, 0.05) is 6.20 Å². The summed E-state index contributed by atoms with van der Waals surface area (Å²) in [5.41, 5.74) is -1.64. The third-order valence-corrected chi connectivity index (χ3v) is 3.69. The van der Waals surface area contributed by atoms with Crippen molar-refractivity contribution in [2.75, 3.05) is 18.0 Å². The number of pyridine rings is 1. The lowest BCUT2D eigenvalue weighted by atomic mass is 10.1. The second-order valence-corrected chi connectivity index (χ2v) is 5.50. The molecule has 1 fully saturated rings. The molecular formula is C16H12F4N2O3. The van der Waals surface area contributed by atoms with Crippen molar-refractivity contribution < 1.29 is 32.2 Å². The van der Waals surface area contributed by atoms with Gasteiger partial charge in [0.2, 0.25) is 0 Å². The molecule has 132 valence electrons. The van der Waals surface area contributed by atoms with E-state index < -0.39 is 29.1 Å². The summed E-state index contributed by atoms with van der Waals surface area (Å²) in [7, 11) is 0. The zero-order valence-electron chi connectivity index (χ0n) is 12.6. The SMILES string of the molecule is O=C(O)c1cc(C(F)(F)F)cnc1N1CC(Oc2ccc(F)cc2)C1. The van der Waals surface area contributed by atoms with Gasteiger partial charge >= 0.3 is 12.1 Å². The summed E-state index contributed by atoms with van der Waals surface area (Å²) in [6.45, 7) is 0.520. The van der Waals surface area contributed by atoms with Crippen molar-refractivity contribution in [1.82, 2.24) is 4.98 Å². The molecule has 1 N–H and O–H groups in total. The van der Waals surface area contributed by atoms with Gasteiger partial charge in [0.15, 0.2) is 0 Å². The van der Waals surface area contributed by atoms with Crippen LogP contribution >= 0.6 is 0 Å². The Morgan fingerprint density at radius 3 is 2.44 bits per heavy atom. The molecule has 0 bridgehead atoms. The Hall–Kier alpha value is -2.84. The van der Waals surface area contributed by atoms with Gasteiger partial charge < -0.3 is 14.7 Å². The van der Waals surface area contributed by atoms with Crippen LogP contribution in [0.3, 0.4) is 0 Å². The largest absolute Gasteiger partial charge is 0.487 e. The first-order valence-corrected chi connectivity index (χ1v) is 7.22. The number of carboxylic acids is 1. The molecule has 0 saturated carbocycles. The molecular weight excluding hydrogens is 344 g/mol. The van der Waals surface area contributed by atoms with E-state index in [0.717, 1.165) is 0 Å². The number of alkyl halides is 3. The minimum Gasteiger partial charge on any atom is -0.487 e. The molecule has 25 heavy (non-hydrogen) atoms. The van der Waals surface area contributed by atoms with Gasteiger partial charge in [0.1, 0.15) is 29.1 Å². The average Bonchev–Trinajstić information content (AvgIpc) is 2.51. The van der Waals surface area contributed by atoms with Gasteiger partial charge in [0.05, 0.1) is 18.7 Å². The second-order valence-electron chi connectivity index (χ2n) is 5.50. The van der Waals surface area contributed by atoms with E-state index in [0.29, 0.717) is 18.0 Å². The van der Waals surface area contributed by atoms with Crippen molar-refractivity contribution in [3.63, 3.8) is 0 Å². The molecule has 0 atom stereocenters. The van der Waals surface area contributed by atoms with Crippen LogP contribution in [0.4, 0.5) is 23.4 Å². The molecule has 1 aliphatic heterocycles. The molecule has 1 saturated heterocycles. The number of rotatable bonds is 4. The molecule has 0 amide bonds. The fraction of sp³-hybridized carbons (Fsp3) is 0.250. The van der Waals surface area contributed by atoms with Crippen LogP contribution in [0.25, 0.3) is 0 Å². The summed E-state index contributed by atoms with van der Waals surface area (Å²) in [6, 6.07) is 5.96. The van der Waals surface area contributed by atoms with E-state index in [1.165, 1.54) is 29.2 Å². The number of hydrogen-bond donors (Lipinski definition) is 1. The fourth-order valence-electron chi connectivity index (χ4n) is 2.41. The van der Waals surface area contributed by atoms with E-state index in [-0.39, 0.29) is 25.0 Å². The van der Waals surface area contributed by atoms with Crippen molar-refractivity contribution >= 4 is 11.8 Å². The first kappa shape index (κ1) is 17.0. The van der Waals surface area contributed by atoms with Crippen molar-refractivity contribution in [3.05, 3.63) is 53.5 Å². The minimum atomic E-state index is -4.67. The molecule has 1 aromatic heterocycles. The maximum atomic E-state index is 12.8. The lowest BCUT2D eigenvalue weighted by Crippen LogP contribution is -2.54. The molecule has 0 spiro atoms. The van der Waals surface area contributed by atoms with Crippen LogP contribution < -0.4 is 9.64 Å². The van der Waals surface area contributed by atoms with Gasteiger partial charge in [-0.15, -0.1) is 0 Å². The van der Waals surface area contributed by atoms with Gasteiger partial charge in [-0.05, 0) is 30.3 Å². The summed E-state index contributed by atoms with van der Waals surface area (Å²) in [6.07, 6.45) is -4.36. The molecule has 0 radical (unpaired) electrons. The van der Waals surface area contributed by atoms with E-state index in [4.69, 9.17) is 9.84 Å². The number of ether oxygens (including phenoxy) is 1. The van der Waals surface area contributed by atoms with Gasteiger partial charge in [-0.25, -0.2) is 14.2 Å². The number of halogens is 4. The Kier molecular flexibility index (Phi) is 4.23. The summed E-state index contributed by atoms with van der Waals surface area (Å²) >= 11 is 0. The number of anilines is 1. The number of carboxylic acid groups (broad SMARTS) is 1. The molecule has 3 rings (SSSR count). The van der Waals surface area contributed by atoms with E-state index in [9.17, 15) is 22.4 Å². The van der Waals surface area contributed by atoms with E-state index in [2.05, 4.69) is 4.98 Å². The maximum absolute atomic E-state index is 12.8. The van der Waals surface area contributed by atoms with Crippen LogP contribution in [0.1, 0.15) is 15.9 Å². The molecule has 1 aliphatic rings. The molecule has 2 aromatic rings. The first-order valence-electron chi connectivity index (χ1n) is 7.22. The maximum Gasteiger partial charge on any atom is 0.417 e. The van der Waals surface area contributed by atoms with Crippen molar-refractivity contribution in [1.29, 1.82) is 0 Å². The lowest BCUT2D eigenvalue weighted by molar-refractivity contribution is -0.137. The summed E-state index contributed by atoms with van der Waals surface area (Å²) < 4.78 is 56.5. The van der Waals surface area contributed by atoms with E-state index >= 15 is 0 Å². The van der Waals surface area contributed by atoms with Crippen molar-refractivity contribution in [2.24, 2.45) is 0 Å². The number of aromatic nitrogens is 1. The number of benzene rings is 1. The number of aromatic carboxylic acids is 1. The second kappa shape index (κ2) is 6.23. The predicted molar refractivity (Wildman–Crippen MR) is 79.2 cm³/mol. The van der Waals surface area contributed by atoms with Crippen LogP contribution in [-0.4, -0.2) is 35.3 Å². The highest BCUT2D eigenvalue weighted by Gasteiger charge is 2.36. The summed E-state index contributed by atoms with van der Waals surface area (Å²) in [5, 5.41) is 9.15. The molecule has 1 aromatic carbocycles. The Bertz CT molecular complexity index is 787. The smallest absolute Gasteiger partial charge is 0.417 e. The molecule has 5 nitrogen and oxygen atoms in total. The molecule has 0 unspecified atom stereocenters. The van der Waals surface area contributed by atoms with Crippen LogP contribution in [0.15, 0.2) is 36.5 Å². The summed E-state index contributed by atoms with van der Waals surface area (Å²) in [5.74, 6) is -1.48.